The molecular formula is C15H11BrClF3N4S. The highest BCUT2D eigenvalue weighted by Gasteiger charge is 2.33. The van der Waals surface area contributed by atoms with Crippen molar-refractivity contribution in [3.05, 3.63) is 45.7 Å². The van der Waals surface area contributed by atoms with E-state index in [0.717, 1.165) is 16.7 Å². The van der Waals surface area contributed by atoms with Crippen LogP contribution in [-0.4, -0.2) is 25.1 Å². The van der Waals surface area contributed by atoms with E-state index in [-0.39, 0.29) is 21.3 Å². The molecule has 3 aromatic rings. The molecule has 0 saturated heterocycles. The molecule has 4 nitrogen and oxygen atoms in total. The van der Waals surface area contributed by atoms with Gasteiger partial charge in [0.25, 0.3) is 0 Å². The lowest BCUT2D eigenvalue weighted by molar-refractivity contribution is -0.0329. The van der Waals surface area contributed by atoms with Gasteiger partial charge in [-0.05, 0) is 46.1 Å². The molecule has 0 atom stereocenters. The molecule has 25 heavy (non-hydrogen) atoms. The molecule has 0 spiro atoms. The maximum atomic E-state index is 12.6. The van der Waals surface area contributed by atoms with E-state index >= 15 is 0 Å². The normalized spacial score (nSPS) is 12.0. The first-order chi connectivity index (χ1) is 11.7. The van der Waals surface area contributed by atoms with Gasteiger partial charge in [-0.1, -0.05) is 17.7 Å². The number of thioether (sulfide) groups is 1. The van der Waals surface area contributed by atoms with Crippen molar-refractivity contribution in [2.75, 3.05) is 0 Å². The van der Waals surface area contributed by atoms with Gasteiger partial charge in [-0.3, -0.25) is 0 Å². The van der Waals surface area contributed by atoms with E-state index in [1.54, 1.807) is 25.5 Å². The van der Waals surface area contributed by atoms with Gasteiger partial charge < -0.3 is 0 Å². The van der Waals surface area contributed by atoms with Gasteiger partial charge in [0, 0.05) is 35.6 Å². The highest BCUT2D eigenvalue weighted by atomic mass is 79.9. The Hall–Kier alpha value is -1.45. The molecule has 10 heteroatoms. The molecule has 2 heterocycles. The van der Waals surface area contributed by atoms with Crippen molar-refractivity contribution in [3.8, 4) is 16.9 Å². The predicted molar refractivity (Wildman–Crippen MR) is 95.1 cm³/mol. The number of aryl methyl sites for hydroxylation is 2. The molecule has 0 amide bonds. The largest absolute Gasteiger partial charge is 0.447 e. The maximum Gasteiger partial charge on any atom is 0.447 e. The zero-order valence-electron chi connectivity index (χ0n) is 13.0. The van der Waals surface area contributed by atoms with Crippen LogP contribution in [0.2, 0.25) is 5.02 Å². The van der Waals surface area contributed by atoms with Gasteiger partial charge in [0.2, 0.25) is 0 Å². The van der Waals surface area contributed by atoms with Crippen molar-refractivity contribution >= 4 is 39.3 Å². The van der Waals surface area contributed by atoms with Gasteiger partial charge in [0.1, 0.15) is 5.03 Å². The van der Waals surface area contributed by atoms with Crippen LogP contribution in [0.3, 0.4) is 0 Å². The second kappa shape index (κ2) is 6.69. The van der Waals surface area contributed by atoms with E-state index in [4.69, 9.17) is 11.6 Å². The third-order valence-corrected chi connectivity index (χ3v) is 5.56. The summed E-state index contributed by atoms with van der Waals surface area (Å²) in [5, 5.41) is 8.67. The molecule has 132 valence electrons. The van der Waals surface area contributed by atoms with Gasteiger partial charge in [-0.15, -0.1) is 0 Å². The Bertz CT molecular complexity index is 935. The van der Waals surface area contributed by atoms with Gasteiger partial charge in [0.15, 0.2) is 5.82 Å². The molecule has 0 unspecified atom stereocenters. The first kappa shape index (κ1) is 18.3. The van der Waals surface area contributed by atoms with E-state index in [9.17, 15) is 13.2 Å². The fourth-order valence-electron chi connectivity index (χ4n) is 2.30. The van der Waals surface area contributed by atoms with E-state index in [1.807, 2.05) is 19.1 Å². The Morgan fingerprint density at radius 2 is 1.96 bits per heavy atom. The molecule has 0 fully saturated rings. The van der Waals surface area contributed by atoms with Crippen molar-refractivity contribution < 1.29 is 13.2 Å². The smallest absolute Gasteiger partial charge is 0.249 e. The summed E-state index contributed by atoms with van der Waals surface area (Å²) in [6, 6.07) is 5.58. The quantitative estimate of drug-likeness (QED) is 0.486. The average molecular weight is 452 g/mol. The van der Waals surface area contributed by atoms with E-state index in [2.05, 4.69) is 26.1 Å². The molecule has 3 rings (SSSR count). The minimum absolute atomic E-state index is 0.163. The summed E-state index contributed by atoms with van der Waals surface area (Å²) in [5.74, 6) is 0.406. The summed E-state index contributed by atoms with van der Waals surface area (Å²) >= 11 is 8.96. The molecular weight excluding hydrogens is 441 g/mol. The summed E-state index contributed by atoms with van der Waals surface area (Å²) in [4.78, 5) is 0. The zero-order valence-corrected chi connectivity index (χ0v) is 16.1. The molecule has 0 radical (unpaired) electrons. The van der Waals surface area contributed by atoms with E-state index < -0.39 is 5.51 Å². The molecule has 1 aromatic carbocycles. The van der Waals surface area contributed by atoms with Gasteiger partial charge in [0.05, 0.1) is 10.7 Å². The minimum Gasteiger partial charge on any atom is -0.249 e. The molecule has 0 saturated carbocycles. The lowest BCUT2D eigenvalue weighted by atomic mass is 10.1. The highest BCUT2D eigenvalue weighted by Crippen LogP contribution is 2.41. The molecule has 0 aliphatic rings. The van der Waals surface area contributed by atoms with Crippen LogP contribution < -0.4 is 0 Å². The number of nitrogens with zero attached hydrogens (tertiary/aromatic N) is 4. The van der Waals surface area contributed by atoms with Crippen LogP contribution in [0.25, 0.3) is 16.9 Å². The molecule has 2 aromatic heterocycles. The summed E-state index contributed by atoms with van der Waals surface area (Å²) in [6.07, 6.45) is 3.37. The van der Waals surface area contributed by atoms with Crippen LogP contribution in [0.1, 0.15) is 5.56 Å². The summed E-state index contributed by atoms with van der Waals surface area (Å²) < 4.78 is 40.9. The zero-order chi connectivity index (χ0) is 18.4. The highest BCUT2D eigenvalue weighted by molar-refractivity contribution is 9.10. The van der Waals surface area contributed by atoms with E-state index in [0.29, 0.717) is 10.8 Å². The number of hydrogen-bond donors (Lipinski definition) is 0. The topological polar surface area (TPSA) is 35.6 Å². The number of benzene rings is 1. The van der Waals surface area contributed by atoms with Crippen molar-refractivity contribution in [3.63, 3.8) is 0 Å². The van der Waals surface area contributed by atoms with Gasteiger partial charge in [-0.25, -0.2) is 9.36 Å². The fraction of sp³-hybridized carbons (Fsp3) is 0.200. The van der Waals surface area contributed by atoms with Crippen LogP contribution in [-0.2, 0) is 7.05 Å². The fourth-order valence-corrected chi connectivity index (χ4v) is 3.74. The Balaban J connectivity index is 1.99. The van der Waals surface area contributed by atoms with Crippen LogP contribution in [0.5, 0.6) is 0 Å². The second-order valence-electron chi connectivity index (χ2n) is 5.25. The lowest BCUT2D eigenvalue weighted by Crippen LogP contribution is -2.03. The minimum atomic E-state index is -4.41. The number of aromatic nitrogens is 4. The summed E-state index contributed by atoms with van der Waals surface area (Å²) in [6.45, 7) is 1.90. The Morgan fingerprint density at radius 3 is 2.60 bits per heavy atom. The Morgan fingerprint density at radius 1 is 1.24 bits per heavy atom. The second-order valence-corrected chi connectivity index (χ2v) is 7.51. The van der Waals surface area contributed by atoms with Crippen molar-refractivity contribution in [2.24, 2.45) is 7.05 Å². The Kier molecular flexibility index (Phi) is 4.91. The van der Waals surface area contributed by atoms with Gasteiger partial charge >= 0.3 is 5.51 Å². The van der Waals surface area contributed by atoms with E-state index in [1.165, 1.54) is 9.36 Å². The molecule has 0 aliphatic carbocycles. The molecule has 0 N–H and O–H groups in total. The molecule has 0 aliphatic heterocycles. The molecule has 0 bridgehead atoms. The first-order valence-corrected chi connectivity index (χ1v) is 8.94. The SMILES string of the molecule is Cc1cc(-c2cnn(-c3c(Br)c(SC(F)(F)F)nn3C)c2)ccc1Cl. The number of rotatable bonds is 3. The van der Waals surface area contributed by atoms with Crippen LogP contribution >= 0.6 is 39.3 Å². The predicted octanol–water partition coefficient (Wildman–Crippen LogP) is 5.61. The monoisotopic (exact) mass is 450 g/mol. The van der Waals surface area contributed by atoms with Crippen LogP contribution in [0.4, 0.5) is 13.2 Å². The van der Waals surface area contributed by atoms with Crippen molar-refractivity contribution in [2.45, 2.75) is 17.5 Å². The van der Waals surface area contributed by atoms with Gasteiger partial charge in [-0.2, -0.15) is 23.4 Å². The van der Waals surface area contributed by atoms with Crippen molar-refractivity contribution in [1.29, 1.82) is 0 Å². The number of alkyl halides is 3. The number of hydrogen-bond acceptors (Lipinski definition) is 3. The van der Waals surface area contributed by atoms with Crippen molar-refractivity contribution in [1.82, 2.24) is 19.6 Å². The third-order valence-electron chi connectivity index (χ3n) is 3.43. The van der Waals surface area contributed by atoms with Crippen LogP contribution in [0, 0.1) is 6.92 Å². The summed E-state index contributed by atoms with van der Waals surface area (Å²) in [5.41, 5.74) is -1.75. The van der Waals surface area contributed by atoms with Crippen LogP contribution in [0.15, 0.2) is 40.1 Å². The lowest BCUT2D eigenvalue weighted by Gasteiger charge is -2.03. The first-order valence-electron chi connectivity index (χ1n) is 6.95. The number of halogens is 5. The Labute approximate surface area is 159 Å². The average Bonchev–Trinajstić information content (AvgIpc) is 3.06. The summed E-state index contributed by atoms with van der Waals surface area (Å²) in [7, 11) is 1.56. The third kappa shape index (κ3) is 3.88. The maximum absolute atomic E-state index is 12.6. The standard InChI is InChI=1S/C15H11BrClF3N4S/c1-8-5-9(3-4-11(8)17)10-6-21-24(7-10)14-12(16)13(22-23(14)2)25-15(18,19)20/h3-7H,1-2H3.